The summed E-state index contributed by atoms with van der Waals surface area (Å²) < 4.78 is 5.51. The molecule has 7 heteroatoms. The molecule has 0 unspecified atom stereocenters. The Morgan fingerprint density at radius 1 is 1.37 bits per heavy atom. The van der Waals surface area contributed by atoms with Crippen LogP contribution in [0.5, 0.6) is 0 Å². The van der Waals surface area contributed by atoms with Crippen molar-refractivity contribution in [1.29, 1.82) is 0 Å². The molecular weight excluding hydrogens is 270 g/mol. The topological polar surface area (TPSA) is 65.0 Å². The quantitative estimate of drug-likeness (QED) is 0.693. The average Bonchev–Trinajstić information content (AvgIpc) is 2.40. The van der Waals surface area contributed by atoms with Crippen molar-refractivity contribution in [2.75, 3.05) is 52.5 Å². The van der Waals surface area contributed by atoms with Crippen LogP contribution in [0.25, 0.3) is 0 Å². The zero-order valence-corrected chi connectivity index (χ0v) is 12.2. The first-order chi connectivity index (χ1) is 8.72. The highest BCUT2D eigenvalue weighted by molar-refractivity contribution is 5.85. The van der Waals surface area contributed by atoms with E-state index in [1.54, 1.807) is 0 Å². The molecule has 2 saturated heterocycles. The summed E-state index contributed by atoms with van der Waals surface area (Å²) in [5.41, 5.74) is 0. The van der Waals surface area contributed by atoms with Crippen molar-refractivity contribution in [3.63, 3.8) is 0 Å². The first kappa shape index (κ1) is 16.7. The number of nitrogens with one attached hydrogen (secondary N) is 1. The van der Waals surface area contributed by atoms with Gasteiger partial charge in [0.05, 0.1) is 19.3 Å². The molecule has 6 nitrogen and oxygen atoms in total. The van der Waals surface area contributed by atoms with E-state index in [-0.39, 0.29) is 37.1 Å². The Hall–Kier alpha value is -0.400. The third-order valence-electron chi connectivity index (χ3n) is 3.68. The molecule has 2 aliphatic rings. The molecule has 0 bridgehead atoms. The average molecular weight is 294 g/mol. The lowest BCUT2D eigenvalue weighted by Crippen LogP contribution is -2.59. The number of rotatable bonds is 3. The Morgan fingerprint density at radius 3 is 2.63 bits per heavy atom. The van der Waals surface area contributed by atoms with Crippen LogP contribution < -0.4 is 5.32 Å². The van der Waals surface area contributed by atoms with E-state index in [0.717, 1.165) is 32.7 Å². The van der Waals surface area contributed by atoms with Crippen molar-refractivity contribution in [3.8, 4) is 0 Å². The van der Waals surface area contributed by atoms with E-state index in [0.29, 0.717) is 13.2 Å². The van der Waals surface area contributed by atoms with Gasteiger partial charge in [-0.25, -0.2) is 0 Å². The van der Waals surface area contributed by atoms with Crippen LogP contribution in [0.3, 0.4) is 0 Å². The van der Waals surface area contributed by atoms with Crippen LogP contribution in [0, 0.1) is 0 Å². The molecule has 2 aliphatic heterocycles. The Morgan fingerprint density at radius 2 is 2.05 bits per heavy atom. The lowest BCUT2D eigenvalue weighted by molar-refractivity contribution is -0.141. The van der Waals surface area contributed by atoms with Crippen LogP contribution in [-0.2, 0) is 9.53 Å². The SMILES string of the molecule is C[C@H]1OCCN[C@@H]1C(=O)N1CCN(CCO)CC1.Cl. The van der Waals surface area contributed by atoms with E-state index in [4.69, 9.17) is 9.84 Å². The molecular formula is C12H24ClN3O3. The van der Waals surface area contributed by atoms with Gasteiger partial charge in [-0.05, 0) is 6.92 Å². The normalized spacial score (nSPS) is 28.8. The zero-order chi connectivity index (χ0) is 13.0. The van der Waals surface area contributed by atoms with Gasteiger partial charge in [0, 0.05) is 39.3 Å². The fourth-order valence-electron chi connectivity index (χ4n) is 2.54. The Balaban J connectivity index is 0.00000180. The lowest BCUT2D eigenvalue weighted by Gasteiger charge is -2.38. The molecule has 2 atom stereocenters. The number of piperazine rings is 1. The maximum atomic E-state index is 12.3. The molecule has 2 rings (SSSR count). The van der Waals surface area contributed by atoms with Crippen molar-refractivity contribution in [2.45, 2.75) is 19.1 Å². The molecule has 0 aromatic carbocycles. The Bertz CT molecular complexity index is 285. The maximum Gasteiger partial charge on any atom is 0.242 e. The monoisotopic (exact) mass is 293 g/mol. The van der Waals surface area contributed by atoms with Crippen molar-refractivity contribution in [2.24, 2.45) is 0 Å². The maximum absolute atomic E-state index is 12.3. The number of hydrogen-bond donors (Lipinski definition) is 2. The molecule has 0 saturated carbocycles. The molecule has 112 valence electrons. The number of aliphatic hydroxyl groups excluding tert-OH is 1. The summed E-state index contributed by atoms with van der Waals surface area (Å²) >= 11 is 0. The molecule has 0 radical (unpaired) electrons. The number of halogens is 1. The van der Waals surface area contributed by atoms with Crippen LogP contribution >= 0.6 is 12.4 Å². The van der Waals surface area contributed by atoms with E-state index >= 15 is 0 Å². The number of hydrogen-bond acceptors (Lipinski definition) is 5. The van der Waals surface area contributed by atoms with Crippen molar-refractivity contribution < 1.29 is 14.6 Å². The second-order valence-corrected chi connectivity index (χ2v) is 4.90. The Labute approximate surface area is 120 Å². The van der Waals surface area contributed by atoms with Gasteiger partial charge >= 0.3 is 0 Å². The summed E-state index contributed by atoms with van der Waals surface area (Å²) in [6, 6.07) is -0.205. The largest absolute Gasteiger partial charge is 0.395 e. The van der Waals surface area contributed by atoms with Gasteiger partial charge in [-0.2, -0.15) is 0 Å². The summed E-state index contributed by atoms with van der Waals surface area (Å²) in [5.74, 6) is 0.144. The highest BCUT2D eigenvalue weighted by Gasteiger charge is 2.32. The van der Waals surface area contributed by atoms with Gasteiger partial charge in [0.15, 0.2) is 0 Å². The molecule has 2 heterocycles. The van der Waals surface area contributed by atoms with E-state index in [1.807, 2.05) is 11.8 Å². The van der Waals surface area contributed by atoms with Gasteiger partial charge in [-0.15, -0.1) is 12.4 Å². The third kappa shape index (κ3) is 4.29. The third-order valence-corrected chi connectivity index (χ3v) is 3.68. The van der Waals surface area contributed by atoms with Gasteiger partial charge in [0.1, 0.15) is 6.04 Å². The smallest absolute Gasteiger partial charge is 0.242 e. The van der Waals surface area contributed by atoms with Crippen molar-refractivity contribution >= 4 is 18.3 Å². The summed E-state index contributed by atoms with van der Waals surface area (Å²) in [7, 11) is 0. The van der Waals surface area contributed by atoms with Crippen LogP contribution in [0.4, 0.5) is 0 Å². The summed E-state index contributed by atoms with van der Waals surface area (Å²) in [5, 5.41) is 12.1. The van der Waals surface area contributed by atoms with Gasteiger partial charge in [-0.3, -0.25) is 9.69 Å². The number of aliphatic hydroxyl groups is 1. The van der Waals surface area contributed by atoms with E-state index in [2.05, 4.69) is 10.2 Å². The van der Waals surface area contributed by atoms with Crippen LogP contribution in [-0.4, -0.2) is 85.4 Å². The summed E-state index contributed by atoms with van der Waals surface area (Å²) in [4.78, 5) is 16.4. The fourth-order valence-corrected chi connectivity index (χ4v) is 2.54. The number of carbonyl (C=O) groups is 1. The van der Waals surface area contributed by atoms with Crippen LogP contribution in [0.2, 0.25) is 0 Å². The van der Waals surface area contributed by atoms with Gasteiger partial charge < -0.3 is 20.1 Å². The molecule has 2 fully saturated rings. The van der Waals surface area contributed by atoms with E-state index < -0.39 is 0 Å². The number of nitrogens with zero attached hydrogens (tertiary/aromatic N) is 2. The molecule has 0 aliphatic carbocycles. The molecule has 19 heavy (non-hydrogen) atoms. The zero-order valence-electron chi connectivity index (χ0n) is 11.4. The Kier molecular flexibility index (Phi) is 7.02. The number of β-amino-alcohol motifs (C(OH)–C–C–N with tert-alkyl or cyclic N) is 1. The molecule has 2 N–H and O–H groups in total. The fraction of sp³-hybridized carbons (Fsp3) is 0.917. The van der Waals surface area contributed by atoms with Crippen molar-refractivity contribution in [3.05, 3.63) is 0 Å². The highest BCUT2D eigenvalue weighted by Crippen LogP contribution is 2.10. The molecule has 0 aromatic rings. The number of carbonyl (C=O) groups excluding carboxylic acids is 1. The first-order valence-electron chi connectivity index (χ1n) is 6.69. The second kappa shape index (κ2) is 8.01. The van der Waals surface area contributed by atoms with Crippen LogP contribution in [0.1, 0.15) is 6.92 Å². The van der Waals surface area contributed by atoms with E-state index in [9.17, 15) is 4.79 Å². The standard InChI is InChI=1S/C12H23N3O3.ClH/c1-10-11(13-2-9-18-10)12(17)15-5-3-14(4-6-15)7-8-16;/h10-11,13,16H,2-9H2,1H3;1H/t10-,11+;/m1./s1. The minimum atomic E-state index is -0.205. The number of amides is 1. The second-order valence-electron chi connectivity index (χ2n) is 4.90. The van der Waals surface area contributed by atoms with Gasteiger partial charge in [-0.1, -0.05) is 0 Å². The molecule has 0 spiro atoms. The minimum absolute atomic E-state index is 0. The predicted molar refractivity (Wildman–Crippen MR) is 74.6 cm³/mol. The highest BCUT2D eigenvalue weighted by atomic mass is 35.5. The lowest BCUT2D eigenvalue weighted by atomic mass is 10.1. The van der Waals surface area contributed by atoms with Gasteiger partial charge in [0.2, 0.25) is 5.91 Å². The minimum Gasteiger partial charge on any atom is -0.395 e. The van der Waals surface area contributed by atoms with Crippen LogP contribution in [0.15, 0.2) is 0 Å². The predicted octanol–water partition coefficient (Wildman–Crippen LogP) is -1.08. The first-order valence-corrected chi connectivity index (χ1v) is 6.69. The molecule has 1 amide bonds. The number of morpholine rings is 1. The molecule has 0 aromatic heterocycles. The summed E-state index contributed by atoms with van der Waals surface area (Å²) in [6.45, 7) is 7.40. The number of ether oxygens (including phenoxy) is 1. The van der Waals surface area contributed by atoms with Crippen molar-refractivity contribution in [1.82, 2.24) is 15.1 Å². The van der Waals surface area contributed by atoms with E-state index in [1.165, 1.54) is 0 Å². The van der Waals surface area contributed by atoms with Gasteiger partial charge in [0.25, 0.3) is 0 Å². The summed E-state index contributed by atoms with van der Waals surface area (Å²) in [6.07, 6.45) is -0.0540.